The summed E-state index contributed by atoms with van der Waals surface area (Å²) in [7, 11) is 0. The van der Waals surface area contributed by atoms with Crippen molar-refractivity contribution in [2.75, 3.05) is 0 Å². The third-order valence-corrected chi connectivity index (χ3v) is 0.776. The number of rotatable bonds is 0. The van der Waals surface area contributed by atoms with E-state index in [4.69, 9.17) is 0 Å². The van der Waals surface area contributed by atoms with Gasteiger partial charge in [0.2, 0.25) is 0 Å². The first kappa shape index (κ1) is 7.83. The Morgan fingerprint density at radius 3 is 2.25 bits per heavy atom. The van der Waals surface area contributed by atoms with Crippen LogP contribution in [0.2, 0.25) is 0 Å². The average molecular weight is 196 g/mol. The molecule has 45 valence electrons. The van der Waals surface area contributed by atoms with Gasteiger partial charge in [0.05, 0.1) is 0 Å². The molecule has 0 fully saturated rings. The minimum atomic E-state index is 0. The first-order valence-electron chi connectivity index (χ1n) is 2.22. The van der Waals surface area contributed by atoms with Gasteiger partial charge >= 0.3 is 19.5 Å². The quantitative estimate of drug-likeness (QED) is 0.570. The molecule has 0 spiro atoms. The van der Waals surface area contributed by atoms with E-state index in [-0.39, 0.29) is 19.5 Å². The van der Waals surface area contributed by atoms with Gasteiger partial charge in [-0.2, -0.15) is 0 Å². The standard InChI is InChI=1S/C5H7N2.Ru/c1-4-3-6-5(2)7-4;/h3H,1-2H3;/q-1;+1. The van der Waals surface area contributed by atoms with Gasteiger partial charge in [-0.1, -0.05) is 17.7 Å². The molecule has 1 heterocycles. The van der Waals surface area contributed by atoms with Crippen molar-refractivity contribution in [3.05, 3.63) is 17.7 Å². The molecule has 1 aromatic heterocycles. The summed E-state index contributed by atoms with van der Waals surface area (Å²) in [6, 6.07) is 0. The molecule has 0 unspecified atom stereocenters. The van der Waals surface area contributed by atoms with Gasteiger partial charge in [-0.25, -0.2) is 0 Å². The summed E-state index contributed by atoms with van der Waals surface area (Å²) in [6.07, 6.45) is 1.76. The number of hydrogen-bond donors (Lipinski definition) is 0. The summed E-state index contributed by atoms with van der Waals surface area (Å²) in [5.74, 6) is 0.859. The zero-order valence-electron chi connectivity index (χ0n) is 4.83. The van der Waals surface area contributed by atoms with Crippen LogP contribution in [0.4, 0.5) is 0 Å². The maximum absolute atomic E-state index is 4.00. The zero-order chi connectivity index (χ0) is 5.28. The molecule has 1 aromatic rings. The van der Waals surface area contributed by atoms with Crippen molar-refractivity contribution in [2.24, 2.45) is 0 Å². The molecular weight excluding hydrogens is 189 g/mol. The van der Waals surface area contributed by atoms with Gasteiger partial charge in [0.25, 0.3) is 0 Å². The third kappa shape index (κ3) is 1.75. The first-order chi connectivity index (χ1) is 3.29. The Balaban J connectivity index is 0.000000490. The van der Waals surface area contributed by atoms with Crippen molar-refractivity contribution >= 4 is 0 Å². The van der Waals surface area contributed by atoms with E-state index < -0.39 is 0 Å². The van der Waals surface area contributed by atoms with Crippen molar-refractivity contribution in [3.63, 3.8) is 0 Å². The normalized spacial score (nSPS) is 8.25. The fourth-order valence-electron chi connectivity index (χ4n) is 0.500. The van der Waals surface area contributed by atoms with Crippen LogP contribution < -0.4 is 4.98 Å². The van der Waals surface area contributed by atoms with E-state index in [1.54, 1.807) is 6.20 Å². The molecule has 0 saturated carbocycles. The average Bonchev–Trinajstić information content (AvgIpc) is 1.87. The Morgan fingerprint density at radius 1 is 1.50 bits per heavy atom. The molecule has 0 aliphatic carbocycles. The smallest absolute Gasteiger partial charge is 0.447 e. The predicted octanol–water partition coefficient (Wildman–Crippen LogP) is 0.653. The predicted molar refractivity (Wildman–Crippen MR) is 27.0 cm³/mol. The van der Waals surface area contributed by atoms with Crippen LogP contribution in [0.3, 0.4) is 0 Å². The fraction of sp³-hybridized carbons (Fsp3) is 0.400. The summed E-state index contributed by atoms with van der Waals surface area (Å²) in [4.78, 5) is 7.91. The molecule has 0 aliphatic rings. The van der Waals surface area contributed by atoms with Crippen LogP contribution in [0.15, 0.2) is 6.20 Å². The Labute approximate surface area is 61.5 Å². The number of aromatic nitrogens is 2. The second-order valence-corrected chi connectivity index (χ2v) is 1.56. The molecule has 0 saturated heterocycles. The van der Waals surface area contributed by atoms with E-state index in [1.165, 1.54) is 0 Å². The summed E-state index contributed by atoms with van der Waals surface area (Å²) in [6.45, 7) is 3.81. The van der Waals surface area contributed by atoms with Crippen LogP contribution in [-0.2, 0) is 19.5 Å². The first-order valence-corrected chi connectivity index (χ1v) is 2.22. The monoisotopic (exact) mass is 197 g/mol. The van der Waals surface area contributed by atoms with Gasteiger partial charge in [-0.15, -0.1) is 0 Å². The second kappa shape index (κ2) is 2.98. The van der Waals surface area contributed by atoms with Gasteiger partial charge in [0.15, 0.2) is 0 Å². The van der Waals surface area contributed by atoms with Crippen LogP contribution in [-0.4, -0.2) is 4.98 Å². The topological polar surface area (TPSA) is 27.0 Å². The van der Waals surface area contributed by atoms with Gasteiger partial charge in [-0.3, -0.25) is 0 Å². The van der Waals surface area contributed by atoms with Gasteiger partial charge in [0.1, 0.15) is 0 Å². The van der Waals surface area contributed by atoms with Gasteiger partial charge in [0, 0.05) is 0 Å². The molecule has 8 heavy (non-hydrogen) atoms. The molecule has 3 heteroatoms. The Morgan fingerprint density at radius 2 is 2.12 bits per heavy atom. The van der Waals surface area contributed by atoms with Crippen LogP contribution in [0.1, 0.15) is 11.5 Å². The van der Waals surface area contributed by atoms with Crippen LogP contribution in [0.5, 0.6) is 0 Å². The Bertz CT molecular complexity index is 143. The van der Waals surface area contributed by atoms with E-state index in [9.17, 15) is 0 Å². The molecule has 0 amide bonds. The maximum Gasteiger partial charge on any atom is 1.00 e. The van der Waals surface area contributed by atoms with Crippen LogP contribution >= 0.6 is 0 Å². The molecule has 0 bridgehead atoms. The van der Waals surface area contributed by atoms with Crippen molar-refractivity contribution in [3.8, 4) is 0 Å². The van der Waals surface area contributed by atoms with E-state index in [0.717, 1.165) is 11.5 Å². The summed E-state index contributed by atoms with van der Waals surface area (Å²) in [5.41, 5.74) is 0.998. The molecule has 1 rings (SSSR count). The zero-order valence-corrected chi connectivity index (χ0v) is 6.56. The van der Waals surface area contributed by atoms with Crippen molar-refractivity contribution in [1.82, 2.24) is 9.97 Å². The van der Waals surface area contributed by atoms with Crippen molar-refractivity contribution in [2.45, 2.75) is 13.8 Å². The molecule has 0 aliphatic heterocycles. The Hall–Kier alpha value is -0.167. The number of hydrogen-bond acceptors (Lipinski definition) is 1. The molecule has 0 N–H and O–H groups in total. The largest absolute Gasteiger partial charge is 1.00 e. The molecule has 0 aromatic carbocycles. The number of aryl methyl sites for hydroxylation is 2. The van der Waals surface area contributed by atoms with Crippen LogP contribution in [0.25, 0.3) is 0 Å². The number of nitrogens with zero attached hydrogens (tertiary/aromatic N) is 2. The molecule has 0 atom stereocenters. The summed E-state index contributed by atoms with van der Waals surface area (Å²) >= 11 is 0. The SMILES string of the molecule is Cc1c[n-]c(C)n1.[Ru+]. The molecule has 1 radical (unpaired) electrons. The van der Waals surface area contributed by atoms with Crippen molar-refractivity contribution < 1.29 is 19.5 Å². The van der Waals surface area contributed by atoms with Crippen molar-refractivity contribution in [1.29, 1.82) is 0 Å². The van der Waals surface area contributed by atoms with Gasteiger partial charge < -0.3 is 9.97 Å². The van der Waals surface area contributed by atoms with Crippen LogP contribution in [0, 0.1) is 13.8 Å². The Kier molecular flexibility index (Phi) is 2.92. The minimum Gasteiger partial charge on any atom is -0.447 e. The number of imidazole rings is 1. The molecule has 2 nitrogen and oxygen atoms in total. The van der Waals surface area contributed by atoms with E-state index in [1.807, 2.05) is 13.8 Å². The minimum absolute atomic E-state index is 0. The van der Waals surface area contributed by atoms with E-state index in [0.29, 0.717) is 0 Å². The summed E-state index contributed by atoms with van der Waals surface area (Å²) in [5, 5.41) is 0. The fourth-order valence-corrected chi connectivity index (χ4v) is 0.500. The summed E-state index contributed by atoms with van der Waals surface area (Å²) < 4.78 is 0. The van der Waals surface area contributed by atoms with E-state index in [2.05, 4.69) is 9.97 Å². The molecular formula is C5H7N2Ru. The van der Waals surface area contributed by atoms with E-state index >= 15 is 0 Å². The third-order valence-electron chi connectivity index (χ3n) is 0.776. The maximum atomic E-state index is 4.00. The second-order valence-electron chi connectivity index (χ2n) is 1.56. The van der Waals surface area contributed by atoms with Gasteiger partial charge in [-0.05, 0) is 13.8 Å².